The van der Waals surface area contributed by atoms with Crippen LogP contribution in [0.25, 0.3) is 0 Å². The Bertz CT molecular complexity index is 738. The molecule has 1 aromatic carbocycles. The van der Waals surface area contributed by atoms with Crippen molar-refractivity contribution >= 4 is 10.2 Å². The highest BCUT2D eigenvalue weighted by Crippen LogP contribution is 2.22. The van der Waals surface area contributed by atoms with Crippen molar-refractivity contribution in [2.75, 3.05) is 26.2 Å². The van der Waals surface area contributed by atoms with Gasteiger partial charge in [0.05, 0.1) is 23.8 Å². The average Bonchev–Trinajstić information content (AvgIpc) is 2.53. The van der Waals surface area contributed by atoms with Crippen molar-refractivity contribution in [1.82, 2.24) is 8.61 Å². The molecule has 0 aromatic heterocycles. The lowest BCUT2D eigenvalue weighted by Gasteiger charge is -2.39. The van der Waals surface area contributed by atoms with Crippen molar-refractivity contribution in [3.63, 3.8) is 0 Å². The molecule has 1 aliphatic heterocycles. The maximum absolute atomic E-state index is 13.0. The number of benzene rings is 1. The minimum atomic E-state index is -3.64. The van der Waals surface area contributed by atoms with Crippen LogP contribution < -0.4 is 0 Å². The van der Waals surface area contributed by atoms with Gasteiger partial charge >= 0.3 is 0 Å². The molecule has 130 valence electrons. The van der Waals surface area contributed by atoms with E-state index >= 15 is 0 Å². The number of rotatable bonds is 6. The largest absolute Gasteiger partial charge is 0.373 e. The first-order valence-electron chi connectivity index (χ1n) is 7.77. The average molecular weight is 349 g/mol. The van der Waals surface area contributed by atoms with Crippen LogP contribution >= 0.6 is 0 Å². The summed E-state index contributed by atoms with van der Waals surface area (Å²) in [5.41, 5.74) is 0.772. The van der Waals surface area contributed by atoms with E-state index < -0.39 is 15.8 Å². The molecule has 0 N–H and O–H groups in total. The smallest absolute Gasteiger partial charge is 0.282 e. The van der Waals surface area contributed by atoms with Crippen LogP contribution in [0.15, 0.2) is 36.9 Å². The van der Waals surface area contributed by atoms with Crippen molar-refractivity contribution in [2.45, 2.75) is 26.0 Å². The summed E-state index contributed by atoms with van der Waals surface area (Å²) in [6.07, 6.45) is 1.57. The number of nitrogens with zero attached hydrogens (tertiary/aromatic N) is 3. The summed E-state index contributed by atoms with van der Waals surface area (Å²) in [7, 11) is -3.64. The molecule has 1 aliphatic rings. The molecule has 0 saturated carbocycles. The normalized spacial score (nSPS) is 18.2. The molecule has 0 spiro atoms. The Balaban J connectivity index is 2.25. The Kier molecular flexibility index (Phi) is 5.78. The number of morpholine rings is 1. The molecule has 0 bridgehead atoms. The zero-order chi connectivity index (χ0) is 17.8. The first-order valence-corrected chi connectivity index (χ1v) is 9.17. The van der Waals surface area contributed by atoms with Gasteiger partial charge in [-0.15, -0.1) is 6.58 Å². The lowest BCUT2D eigenvalue weighted by atomic mass is 10.1. The van der Waals surface area contributed by atoms with Gasteiger partial charge in [0.25, 0.3) is 10.2 Å². The minimum absolute atomic E-state index is 0.196. The van der Waals surface area contributed by atoms with Crippen LogP contribution in [0.3, 0.4) is 0 Å². The van der Waals surface area contributed by atoms with Crippen molar-refractivity contribution in [1.29, 1.82) is 5.26 Å². The van der Waals surface area contributed by atoms with E-state index in [4.69, 9.17) is 10.00 Å². The summed E-state index contributed by atoms with van der Waals surface area (Å²) in [5.74, 6) is 0. The van der Waals surface area contributed by atoms with Crippen molar-refractivity contribution in [3.05, 3.63) is 48.0 Å². The Morgan fingerprint density at radius 2 is 2.25 bits per heavy atom. The van der Waals surface area contributed by atoms with E-state index in [1.807, 2.05) is 19.9 Å². The molecule has 0 aliphatic carbocycles. The lowest BCUT2D eigenvalue weighted by Crippen LogP contribution is -2.54. The first kappa shape index (κ1) is 18.6. The Morgan fingerprint density at radius 1 is 1.50 bits per heavy atom. The van der Waals surface area contributed by atoms with Gasteiger partial charge in [-0.25, -0.2) is 0 Å². The topological polar surface area (TPSA) is 73.6 Å². The zero-order valence-corrected chi connectivity index (χ0v) is 14.9. The fourth-order valence-corrected chi connectivity index (χ4v) is 4.37. The highest BCUT2D eigenvalue weighted by atomic mass is 32.2. The molecule has 24 heavy (non-hydrogen) atoms. The SMILES string of the molecule is C=CCN(Cc1cccc(C#N)c1)S(=O)(=O)N1CCOC(C)(C)C1. The van der Waals surface area contributed by atoms with Crippen LogP contribution in [0.2, 0.25) is 0 Å². The third-order valence-corrected chi connectivity index (χ3v) is 5.69. The molecule has 1 saturated heterocycles. The number of nitriles is 1. The van der Waals surface area contributed by atoms with Crippen LogP contribution in [0.5, 0.6) is 0 Å². The zero-order valence-electron chi connectivity index (χ0n) is 14.1. The van der Waals surface area contributed by atoms with E-state index in [0.29, 0.717) is 25.3 Å². The van der Waals surface area contributed by atoms with Crippen LogP contribution in [-0.4, -0.2) is 48.9 Å². The number of ether oxygens (including phenoxy) is 1. The molecule has 1 heterocycles. The molecule has 0 atom stereocenters. The fourth-order valence-electron chi connectivity index (χ4n) is 2.66. The predicted octanol–water partition coefficient (Wildman–Crippen LogP) is 1.90. The van der Waals surface area contributed by atoms with Gasteiger partial charge in [0.1, 0.15) is 0 Å². The van der Waals surface area contributed by atoms with Gasteiger partial charge in [0, 0.05) is 26.2 Å². The first-order chi connectivity index (χ1) is 11.3. The maximum atomic E-state index is 13.0. The summed E-state index contributed by atoms with van der Waals surface area (Å²) in [5, 5.41) is 9.00. The number of hydrogen-bond acceptors (Lipinski definition) is 4. The molecule has 0 unspecified atom stereocenters. The molecular formula is C17H23N3O3S. The van der Waals surface area contributed by atoms with E-state index in [1.54, 1.807) is 24.3 Å². The molecule has 1 fully saturated rings. The van der Waals surface area contributed by atoms with Crippen molar-refractivity contribution in [2.24, 2.45) is 0 Å². The summed E-state index contributed by atoms with van der Waals surface area (Å²) < 4.78 is 34.4. The summed E-state index contributed by atoms with van der Waals surface area (Å²) in [6, 6.07) is 9.04. The minimum Gasteiger partial charge on any atom is -0.373 e. The summed E-state index contributed by atoms with van der Waals surface area (Å²) in [6.45, 7) is 8.83. The van der Waals surface area contributed by atoms with E-state index in [-0.39, 0.29) is 13.1 Å². The number of hydrogen-bond donors (Lipinski definition) is 0. The van der Waals surface area contributed by atoms with Gasteiger partial charge in [0.15, 0.2) is 0 Å². The van der Waals surface area contributed by atoms with Crippen molar-refractivity contribution in [3.8, 4) is 6.07 Å². The van der Waals surface area contributed by atoms with Gasteiger partial charge < -0.3 is 4.74 Å². The van der Waals surface area contributed by atoms with Gasteiger partial charge in [0.2, 0.25) is 0 Å². The standard InChI is InChI=1S/C17H23N3O3S/c1-4-8-19(13-16-7-5-6-15(11-16)12-18)24(21,22)20-9-10-23-17(2,3)14-20/h4-7,11H,1,8-10,13-14H2,2-3H3. The second-order valence-electron chi connectivity index (χ2n) is 6.34. The predicted molar refractivity (Wildman–Crippen MR) is 92.3 cm³/mol. The van der Waals surface area contributed by atoms with E-state index in [9.17, 15) is 8.42 Å². The van der Waals surface area contributed by atoms with Crippen LogP contribution in [0.4, 0.5) is 0 Å². The van der Waals surface area contributed by atoms with Gasteiger partial charge in [-0.3, -0.25) is 0 Å². The van der Waals surface area contributed by atoms with Crippen LogP contribution in [-0.2, 0) is 21.5 Å². The third-order valence-electron chi connectivity index (χ3n) is 3.79. The highest BCUT2D eigenvalue weighted by Gasteiger charge is 2.37. The highest BCUT2D eigenvalue weighted by molar-refractivity contribution is 7.86. The van der Waals surface area contributed by atoms with Crippen LogP contribution in [0, 0.1) is 11.3 Å². The summed E-state index contributed by atoms with van der Waals surface area (Å²) in [4.78, 5) is 0. The van der Waals surface area contributed by atoms with E-state index in [2.05, 4.69) is 12.6 Å². The molecule has 0 radical (unpaired) electrons. The molecule has 0 amide bonds. The lowest BCUT2D eigenvalue weighted by molar-refractivity contribution is -0.0652. The van der Waals surface area contributed by atoms with E-state index in [0.717, 1.165) is 5.56 Å². The molecule has 7 heteroatoms. The fraction of sp³-hybridized carbons (Fsp3) is 0.471. The van der Waals surface area contributed by atoms with Gasteiger partial charge in [-0.1, -0.05) is 18.2 Å². The van der Waals surface area contributed by atoms with Crippen LogP contribution in [0.1, 0.15) is 25.0 Å². The van der Waals surface area contributed by atoms with E-state index in [1.165, 1.54) is 8.61 Å². The second-order valence-corrected chi connectivity index (χ2v) is 8.27. The second kappa shape index (κ2) is 7.45. The Morgan fingerprint density at radius 3 is 2.88 bits per heavy atom. The monoisotopic (exact) mass is 349 g/mol. The van der Waals surface area contributed by atoms with Gasteiger partial charge in [-0.2, -0.15) is 22.3 Å². The third kappa shape index (κ3) is 4.42. The molecular weight excluding hydrogens is 326 g/mol. The maximum Gasteiger partial charge on any atom is 0.282 e. The quantitative estimate of drug-likeness (QED) is 0.735. The van der Waals surface area contributed by atoms with Gasteiger partial charge in [-0.05, 0) is 31.5 Å². The summed E-state index contributed by atoms with van der Waals surface area (Å²) >= 11 is 0. The molecule has 2 rings (SSSR count). The Hall–Kier alpha value is -1.72. The molecule has 1 aromatic rings. The van der Waals surface area contributed by atoms with Crippen molar-refractivity contribution < 1.29 is 13.2 Å². The molecule has 6 nitrogen and oxygen atoms in total. The Labute approximate surface area is 144 Å².